The van der Waals surface area contributed by atoms with E-state index in [9.17, 15) is 4.79 Å². The second-order valence-electron chi connectivity index (χ2n) is 5.81. The summed E-state index contributed by atoms with van der Waals surface area (Å²) in [7, 11) is 1.87. The van der Waals surface area contributed by atoms with Gasteiger partial charge in [0, 0.05) is 50.7 Å². The van der Waals surface area contributed by atoms with E-state index in [1.54, 1.807) is 23.3 Å². The molecule has 0 aromatic carbocycles. The lowest BCUT2D eigenvalue weighted by Crippen LogP contribution is -2.42. The molecule has 0 saturated carbocycles. The quantitative estimate of drug-likeness (QED) is 0.814. The summed E-state index contributed by atoms with van der Waals surface area (Å²) < 4.78 is 1.75. The molecule has 0 radical (unpaired) electrons. The Morgan fingerprint density at radius 2 is 2.32 bits per heavy atom. The van der Waals surface area contributed by atoms with Gasteiger partial charge in [0.15, 0.2) is 0 Å². The maximum atomic E-state index is 12.4. The number of hydrogen-bond acceptors (Lipinski definition) is 3. The van der Waals surface area contributed by atoms with Crippen molar-refractivity contribution in [1.29, 1.82) is 0 Å². The zero-order valence-electron chi connectivity index (χ0n) is 13.4. The van der Waals surface area contributed by atoms with Crippen LogP contribution in [0, 0.1) is 5.92 Å². The van der Waals surface area contributed by atoms with E-state index < -0.39 is 0 Å². The Hall–Kier alpha value is -2.31. The number of aryl methyl sites for hydroxylation is 1. The van der Waals surface area contributed by atoms with Crippen LogP contribution in [0.4, 0.5) is 4.79 Å². The minimum atomic E-state index is -0.0518. The molecule has 0 saturated heterocycles. The molecule has 120 valence electrons. The molecule has 0 aliphatic heterocycles. The molecule has 2 heterocycles. The number of carbonyl (C=O) groups is 1. The molecule has 0 unspecified atom stereocenters. The van der Waals surface area contributed by atoms with Crippen LogP contribution in [0.25, 0.3) is 0 Å². The smallest absolute Gasteiger partial charge is 0.317 e. The Labute approximate surface area is 130 Å². The van der Waals surface area contributed by atoms with Crippen molar-refractivity contribution in [2.24, 2.45) is 13.0 Å². The average molecular weight is 304 g/mol. The van der Waals surface area contributed by atoms with Crippen LogP contribution in [-0.2, 0) is 20.0 Å². The van der Waals surface area contributed by atoms with Crippen LogP contribution in [0.2, 0.25) is 0 Å². The minimum Gasteiger partial charge on any atom is -0.349 e. The first-order chi connectivity index (χ1) is 10.5. The maximum absolute atomic E-state index is 12.4. The maximum Gasteiger partial charge on any atom is 0.317 e. The molecule has 2 N–H and O–H groups in total. The molecule has 0 bridgehead atoms. The first kappa shape index (κ1) is 16.1. The van der Waals surface area contributed by atoms with E-state index in [1.807, 2.05) is 18.1 Å². The van der Waals surface area contributed by atoms with Crippen molar-refractivity contribution in [3.63, 3.8) is 0 Å². The molecule has 2 amide bonds. The van der Waals surface area contributed by atoms with E-state index in [-0.39, 0.29) is 6.03 Å². The number of aromatic nitrogens is 4. The zero-order valence-corrected chi connectivity index (χ0v) is 13.4. The van der Waals surface area contributed by atoms with Gasteiger partial charge in [0.05, 0.1) is 12.7 Å². The first-order valence-electron chi connectivity index (χ1n) is 7.53. The predicted octanol–water partition coefficient (Wildman–Crippen LogP) is 1.55. The van der Waals surface area contributed by atoms with E-state index in [0.29, 0.717) is 32.0 Å². The van der Waals surface area contributed by atoms with Gasteiger partial charge in [-0.05, 0) is 5.92 Å². The summed E-state index contributed by atoms with van der Waals surface area (Å²) in [6.45, 7) is 6.05. The van der Waals surface area contributed by atoms with E-state index >= 15 is 0 Å². The molecule has 0 aliphatic rings. The summed E-state index contributed by atoms with van der Waals surface area (Å²) in [6, 6.07) is -0.0518. The second-order valence-corrected chi connectivity index (χ2v) is 5.81. The Morgan fingerprint density at radius 3 is 2.91 bits per heavy atom. The van der Waals surface area contributed by atoms with Crippen molar-refractivity contribution >= 4 is 6.03 Å². The van der Waals surface area contributed by atoms with Crippen molar-refractivity contribution in [2.45, 2.75) is 26.8 Å². The van der Waals surface area contributed by atoms with Crippen LogP contribution >= 0.6 is 0 Å². The van der Waals surface area contributed by atoms with Crippen LogP contribution in [0.3, 0.4) is 0 Å². The summed E-state index contributed by atoms with van der Waals surface area (Å²) in [6.07, 6.45) is 7.92. The normalized spacial score (nSPS) is 10.9. The molecule has 2 aromatic heterocycles. The van der Waals surface area contributed by atoms with Crippen molar-refractivity contribution in [1.82, 2.24) is 30.0 Å². The van der Waals surface area contributed by atoms with Gasteiger partial charge in [-0.15, -0.1) is 0 Å². The molecule has 2 rings (SSSR count). The number of amides is 2. The third kappa shape index (κ3) is 4.91. The number of H-pyrrole nitrogens is 1. The topological polar surface area (TPSA) is 78.8 Å². The summed E-state index contributed by atoms with van der Waals surface area (Å²) >= 11 is 0. The molecule has 0 spiro atoms. The summed E-state index contributed by atoms with van der Waals surface area (Å²) in [4.78, 5) is 21.4. The lowest BCUT2D eigenvalue weighted by atomic mass is 10.2. The van der Waals surface area contributed by atoms with E-state index in [2.05, 4.69) is 34.2 Å². The highest BCUT2D eigenvalue weighted by molar-refractivity contribution is 5.74. The van der Waals surface area contributed by atoms with Crippen LogP contribution in [-0.4, -0.2) is 43.8 Å². The average Bonchev–Trinajstić information content (AvgIpc) is 3.09. The lowest BCUT2D eigenvalue weighted by molar-refractivity contribution is 0.188. The molecule has 22 heavy (non-hydrogen) atoms. The van der Waals surface area contributed by atoms with Crippen molar-refractivity contribution in [2.75, 3.05) is 13.1 Å². The number of nitrogens with zero attached hydrogens (tertiary/aromatic N) is 4. The van der Waals surface area contributed by atoms with Crippen LogP contribution in [0.1, 0.15) is 25.2 Å². The molecule has 0 aliphatic carbocycles. The van der Waals surface area contributed by atoms with Gasteiger partial charge in [0.25, 0.3) is 0 Å². The van der Waals surface area contributed by atoms with E-state index in [0.717, 1.165) is 11.4 Å². The number of nitrogens with one attached hydrogen (secondary N) is 2. The molecule has 7 heteroatoms. The largest absolute Gasteiger partial charge is 0.349 e. The highest BCUT2D eigenvalue weighted by Gasteiger charge is 2.15. The summed E-state index contributed by atoms with van der Waals surface area (Å²) in [5.74, 6) is 1.29. The minimum absolute atomic E-state index is 0.0518. The van der Waals surface area contributed by atoms with Gasteiger partial charge in [0.2, 0.25) is 0 Å². The SMILES string of the molecule is CC(C)CN(Cc1cnn(C)c1)C(=O)NCCc1ncc[nH]1. The number of rotatable bonds is 7. The van der Waals surface area contributed by atoms with Gasteiger partial charge in [-0.1, -0.05) is 13.8 Å². The third-order valence-electron chi connectivity index (χ3n) is 3.20. The Morgan fingerprint density at radius 1 is 1.50 bits per heavy atom. The van der Waals surface area contributed by atoms with Gasteiger partial charge in [0.1, 0.15) is 5.82 Å². The highest BCUT2D eigenvalue weighted by Crippen LogP contribution is 2.07. The molecule has 0 atom stereocenters. The number of imidazole rings is 1. The highest BCUT2D eigenvalue weighted by atomic mass is 16.2. The third-order valence-corrected chi connectivity index (χ3v) is 3.20. The Bertz CT molecular complexity index is 575. The van der Waals surface area contributed by atoms with E-state index in [1.165, 1.54) is 0 Å². The number of carbonyl (C=O) groups excluding carboxylic acids is 1. The standard InChI is InChI=1S/C15H24N6O/c1-12(2)9-21(11-13-8-19-20(3)10-13)15(22)18-5-4-14-16-6-7-17-14/h6-8,10,12H,4-5,9,11H2,1-3H3,(H,16,17)(H,18,22). The Balaban J connectivity index is 1.87. The molecular formula is C15H24N6O. The van der Waals surface area contributed by atoms with Crippen molar-refractivity contribution in [3.8, 4) is 0 Å². The van der Waals surface area contributed by atoms with Gasteiger partial charge in [-0.2, -0.15) is 5.10 Å². The molecular weight excluding hydrogens is 280 g/mol. The number of urea groups is 1. The van der Waals surface area contributed by atoms with Crippen molar-refractivity contribution < 1.29 is 4.79 Å². The molecule has 7 nitrogen and oxygen atoms in total. The van der Waals surface area contributed by atoms with Crippen LogP contribution < -0.4 is 5.32 Å². The summed E-state index contributed by atoms with van der Waals surface area (Å²) in [5.41, 5.74) is 1.03. The fourth-order valence-corrected chi connectivity index (χ4v) is 2.27. The van der Waals surface area contributed by atoms with Crippen molar-refractivity contribution in [3.05, 3.63) is 36.2 Å². The second kappa shape index (κ2) is 7.63. The first-order valence-corrected chi connectivity index (χ1v) is 7.53. The number of aromatic amines is 1. The predicted molar refractivity (Wildman–Crippen MR) is 84.1 cm³/mol. The Kier molecular flexibility index (Phi) is 5.57. The zero-order chi connectivity index (χ0) is 15.9. The lowest BCUT2D eigenvalue weighted by Gasteiger charge is -2.24. The van der Waals surface area contributed by atoms with Crippen LogP contribution in [0.5, 0.6) is 0 Å². The van der Waals surface area contributed by atoms with Gasteiger partial charge in [-0.25, -0.2) is 9.78 Å². The molecule has 0 fully saturated rings. The van der Waals surface area contributed by atoms with Crippen LogP contribution in [0.15, 0.2) is 24.8 Å². The van der Waals surface area contributed by atoms with Gasteiger partial charge >= 0.3 is 6.03 Å². The summed E-state index contributed by atoms with van der Waals surface area (Å²) in [5, 5.41) is 7.10. The molecule has 2 aromatic rings. The number of hydrogen-bond donors (Lipinski definition) is 2. The van der Waals surface area contributed by atoms with E-state index in [4.69, 9.17) is 0 Å². The fourth-order valence-electron chi connectivity index (χ4n) is 2.27. The fraction of sp³-hybridized carbons (Fsp3) is 0.533. The monoisotopic (exact) mass is 304 g/mol. The van der Waals surface area contributed by atoms with Gasteiger partial charge < -0.3 is 15.2 Å². The van der Waals surface area contributed by atoms with Gasteiger partial charge in [-0.3, -0.25) is 4.68 Å².